The number of amides is 2. The number of carbonyl (C=O) groups is 2. The molecule has 2 rings (SSSR count). The Labute approximate surface area is 124 Å². The smallest absolute Gasteiger partial charge is 0.309 e. The molecule has 2 atom stereocenters. The van der Waals surface area contributed by atoms with E-state index in [-0.39, 0.29) is 17.6 Å². The molecule has 2 unspecified atom stereocenters. The number of nitrogens with one attached hydrogen (secondary N) is 2. The number of hydrogen-bond donors (Lipinski definition) is 3. The van der Waals surface area contributed by atoms with Crippen LogP contribution in [0.5, 0.6) is 0 Å². The number of nitrogens with zero attached hydrogens (tertiary/aromatic N) is 1. The number of rotatable bonds is 3. The first kappa shape index (κ1) is 15.2. The molecule has 20 heavy (non-hydrogen) atoms. The second-order valence-corrected chi connectivity index (χ2v) is 6.22. The number of hydrogen-bond acceptors (Lipinski definition) is 4. The van der Waals surface area contributed by atoms with E-state index in [1.807, 2.05) is 0 Å². The van der Waals surface area contributed by atoms with Crippen molar-refractivity contribution < 1.29 is 9.59 Å². The Morgan fingerprint density at radius 2 is 1.85 bits per heavy atom. The third-order valence-electron chi connectivity index (χ3n) is 4.30. The fourth-order valence-electron chi connectivity index (χ4n) is 3.23. The second-order valence-electron chi connectivity index (χ2n) is 5.69. The Hall–Kier alpha value is -1.21. The standard InChI is InChI=1S/C13H22N4O2S/c1-17-9-3-2-4-10(17)6-8(5-9)16-13(19)12(18)15-7-11(14)20/h8-10H,2-7H2,1H3,(H2,14,20)(H,15,18)(H,16,19). The minimum absolute atomic E-state index is 0.0558. The second kappa shape index (κ2) is 6.49. The van der Waals surface area contributed by atoms with E-state index in [1.165, 1.54) is 19.3 Å². The average molecular weight is 298 g/mol. The summed E-state index contributed by atoms with van der Waals surface area (Å²) in [6.45, 7) is 0.0558. The van der Waals surface area contributed by atoms with Crippen molar-refractivity contribution in [3.8, 4) is 0 Å². The Bertz CT molecular complexity index is 401. The lowest BCUT2D eigenvalue weighted by Gasteiger charge is -2.47. The van der Waals surface area contributed by atoms with Crippen LogP contribution in [0.25, 0.3) is 0 Å². The molecule has 0 aromatic heterocycles. The van der Waals surface area contributed by atoms with Crippen molar-refractivity contribution in [3.63, 3.8) is 0 Å². The number of piperidine rings is 2. The number of carbonyl (C=O) groups excluding carboxylic acids is 2. The van der Waals surface area contributed by atoms with Crippen LogP contribution in [-0.2, 0) is 9.59 Å². The minimum atomic E-state index is -0.665. The summed E-state index contributed by atoms with van der Waals surface area (Å²) in [5.41, 5.74) is 5.28. The van der Waals surface area contributed by atoms with Crippen molar-refractivity contribution in [2.24, 2.45) is 5.73 Å². The van der Waals surface area contributed by atoms with Crippen molar-refractivity contribution in [1.82, 2.24) is 15.5 Å². The summed E-state index contributed by atoms with van der Waals surface area (Å²) in [5.74, 6) is -1.25. The fourth-order valence-corrected chi connectivity index (χ4v) is 3.30. The van der Waals surface area contributed by atoms with Crippen molar-refractivity contribution >= 4 is 29.0 Å². The maximum absolute atomic E-state index is 11.8. The Morgan fingerprint density at radius 1 is 1.25 bits per heavy atom. The van der Waals surface area contributed by atoms with Gasteiger partial charge >= 0.3 is 11.8 Å². The lowest BCUT2D eigenvalue weighted by atomic mass is 9.82. The predicted octanol–water partition coefficient (Wildman–Crippen LogP) is -0.480. The average Bonchev–Trinajstić information content (AvgIpc) is 2.37. The van der Waals surface area contributed by atoms with Crippen LogP contribution in [0.4, 0.5) is 0 Å². The molecule has 6 nitrogen and oxygen atoms in total. The number of fused-ring (bicyclic) bond motifs is 2. The number of nitrogens with two attached hydrogens (primary N) is 1. The summed E-state index contributed by atoms with van der Waals surface area (Å²) >= 11 is 4.65. The van der Waals surface area contributed by atoms with Crippen LogP contribution >= 0.6 is 12.2 Å². The molecule has 2 aliphatic rings. The van der Waals surface area contributed by atoms with Gasteiger partial charge in [0.2, 0.25) is 0 Å². The van der Waals surface area contributed by atoms with Gasteiger partial charge in [0.05, 0.1) is 11.5 Å². The van der Waals surface area contributed by atoms with Gasteiger partial charge < -0.3 is 21.3 Å². The lowest BCUT2D eigenvalue weighted by Crippen LogP contribution is -2.56. The van der Waals surface area contributed by atoms with Gasteiger partial charge in [-0.1, -0.05) is 18.6 Å². The molecule has 2 aliphatic heterocycles. The Morgan fingerprint density at radius 3 is 2.40 bits per heavy atom. The van der Waals surface area contributed by atoms with Crippen LogP contribution in [0.15, 0.2) is 0 Å². The zero-order chi connectivity index (χ0) is 14.7. The van der Waals surface area contributed by atoms with E-state index in [4.69, 9.17) is 5.73 Å². The molecule has 2 heterocycles. The van der Waals surface area contributed by atoms with Gasteiger partial charge in [-0.25, -0.2) is 0 Å². The summed E-state index contributed by atoms with van der Waals surface area (Å²) in [6.07, 6.45) is 5.44. The third-order valence-corrected chi connectivity index (χ3v) is 4.45. The van der Waals surface area contributed by atoms with Crippen molar-refractivity contribution in [2.45, 2.75) is 50.2 Å². The first-order valence-corrected chi connectivity index (χ1v) is 7.47. The highest BCUT2D eigenvalue weighted by Crippen LogP contribution is 2.32. The van der Waals surface area contributed by atoms with Crippen molar-refractivity contribution in [3.05, 3.63) is 0 Å². The fraction of sp³-hybridized carbons (Fsp3) is 0.769. The maximum atomic E-state index is 11.8. The molecule has 0 aromatic rings. The highest BCUT2D eigenvalue weighted by atomic mass is 32.1. The van der Waals surface area contributed by atoms with E-state index < -0.39 is 11.8 Å². The van der Waals surface area contributed by atoms with Gasteiger partial charge in [0, 0.05) is 18.1 Å². The molecule has 0 spiro atoms. The summed E-state index contributed by atoms with van der Waals surface area (Å²) in [7, 11) is 2.15. The van der Waals surface area contributed by atoms with Crippen LogP contribution < -0.4 is 16.4 Å². The normalized spacial score (nSPS) is 29.6. The van der Waals surface area contributed by atoms with Crippen LogP contribution in [0.1, 0.15) is 32.1 Å². The summed E-state index contributed by atoms with van der Waals surface area (Å²) in [6, 6.07) is 1.13. The van der Waals surface area contributed by atoms with Gasteiger partial charge in [-0.2, -0.15) is 0 Å². The molecule has 0 radical (unpaired) electrons. The molecule has 0 aromatic carbocycles. The number of thiocarbonyl (C=S) groups is 1. The van der Waals surface area contributed by atoms with Gasteiger partial charge in [0.1, 0.15) is 0 Å². The Kier molecular flexibility index (Phi) is 4.93. The van der Waals surface area contributed by atoms with Crippen LogP contribution in [-0.4, -0.2) is 53.4 Å². The van der Waals surface area contributed by atoms with Crippen LogP contribution in [0, 0.1) is 0 Å². The molecular weight excluding hydrogens is 276 g/mol. The minimum Gasteiger partial charge on any atom is -0.392 e. The van der Waals surface area contributed by atoms with Gasteiger partial charge in [-0.3, -0.25) is 9.59 Å². The molecule has 0 aliphatic carbocycles. The molecule has 2 amide bonds. The summed E-state index contributed by atoms with van der Waals surface area (Å²) in [4.78, 5) is 26.0. The van der Waals surface area contributed by atoms with Crippen LogP contribution in [0.3, 0.4) is 0 Å². The maximum Gasteiger partial charge on any atom is 0.309 e. The highest BCUT2D eigenvalue weighted by molar-refractivity contribution is 7.80. The van der Waals surface area contributed by atoms with E-state index >= 15 is 0 Å². The van der Waals surface area contributed by atoms with Gasteiger partial charge in [0.15, 0.2) is 0 Å². The Balaban J connectivity index is 1.83. The molecule has 2 bridgehead atoms. The molecule has 4 N–H and O–H groups in total. The van der Waals surface area contributed by atoms with E-state index in [0.717, 1.165) is 12.8 Å². The van der Waals surface area contributed by atoms with Gasteiger partial charge in [-0.05, 0) is 32.7 Å². The zero-order valence-electron chi connectivity index (χ0n) is 11.7. The molecular formula is C13H22N4O2S. The first-order valence-electron chi connectivity index (χ1n) is 7.06. The van der Waals surface area contributed by atoms with E-state index in [1.54, 1.807) is 0 Å². The van der Waals surface area contributed by atoms with E-state index in [2.05, 4.69) is 34.8 Å². The molecule has 2 saturated heterocycles. The van der Waals surface area contributed by atoms with Crippen molar-refractivity contribution in [1.29, 1.82) is 0 Å². The topological polar surface area (TPSA) is 87.5 Å². The largest absolute Gasteiger partial charge is 0.392 e. The molecule has 7 heteroatoms. The van der Waals surface area contributed by atoms with E-state index in [9.17, 15) is 9.59 Å². The third kappa shape index (κ3) is 3.67. The monoisotopic (exact) mass is 298 g/mol. The molecule has 0 saturated carbocycles. The van der Waals surface area contributed by atoms with E-state index in [0.29, 0.717) is 12.1 Å². The van der Waals surface area contributed by atoms with Gasteiger partial charge in [0.25, 0.3) is 0 Å². The van der Waals surface area contributed by atoms with Gasteiger partial charge in [-0.15, -0.1) is 0 Å². The predicted molar refractivity (Wildman–Crippen MR) is 80.1 cm³/mol. The zero-order valence-corrected chi connectivity index (χ0v) is 12.5. The summed E-state index contributed by atoms with van der Waals surface area (Å²) < 4.78 is 0. The first-order chi connectivity index (χ1) is 9.47. The molecule has 2 fully saturated rings. The van der Waals surface area contributed by atoms with Crippen molar-refractivity contribution in [2.75, 3.05) is 13.6 Å². The summed E-state index contributed by atoms with van der Waals surface area (Å²) in [5, 5.41) is 5.23. The lowest BCUT2D eigenvalue weighted by molar-refractivity contribution is -0.139. The highest BCUT2D eigenvalue weighted by Gasteiger charge is 2.36. The van der Waals surface area contributed by atoms with Crippen LogP contribution in [0.2, 0.25) is 0 Å². The quantitative estimate of drug-likeness (QED) is 0.484. The SMILES string of the molecule is CN1C2CCCC1CC(NC(=O)C(=O)NCC(N)=S)C2. The molecule has 112 valence electrons.